The highest BCUT2D eigenvalue weighted by molar-refractivity contribution is 9.11. The van der Waals surface area contributed by atoms with Gasteiger partial charge in [-0.1, -0.05) is 63.6 Å². The van der Waals surface area contributed by atoms with Crippen LogP contribution in [0.3, 0.4) is 0 Å². The lowest BCUT2D eigenvalue weighted by Crippen LogP contribution is -2.37. The fraction of sp³-hybridized carbons (Fsp3) is 0.280. The van der Waals surface area contributed by atoms with Gasteiger partial charge in [-0.05, 0) is 94.5 Å². The molecule has 29 heavy (non-hydrogen) atoms. The van der Waals surface area contributed by atoms with Crippen LogP contribution >= 0.6 is 43.2 Å². The van der Waals surface area contributed by atoms with Crippen LogP contribution in [0.1, 0.15) is 47.2 Å². The summed E-state index contributed by atoms with van der Waals surface area (Å²) in [4.78, 5) is 0. The first kappa shape index (κ1) is 20.0. The topological polar surface area (TPSA) is 0 Å². The number of hydrogen-bond donors (Lipinski definition) is 0. The maximum atomic E-state index is 3.78. The van der Waals surface area contributed by atoms with E-state index in [4.69, 9.17) is 0 Å². The first-order chi connectivity index (χ1) is 13.7. The molecule has 4 heteroatoms. The van der Waals surface area contributed by atoms with E-state index in [0.29, 0.717) is 5.54 Å². The van der Waals surface area contributed by atoms with Crippen LogP contribution in [0.5, 0.6) is 0 Å². The Balaban J connectivity index is 1.71. The molecule has 2 aliphatic rings. The molecule has 0 spiro atoms. The zero-order valence-corrected chi connectivity index (χ0v) is 22.4. The number of allylic oxidation sites excluding steroid dienone is 2. The average Bonchev–Trinajstić information content (AvgIpc) is 3.28. The van der Waals surface area contributed by atoms with Gasteiger partial charge in [0.05, 0.1) is 11.9 Å². The molecule has 1 heterocycles. The van der Waals surface area contributed by atoms with Crippen molar-refractivity contribution in [3.05, 3.63) is 77.6 Å². The van der Waals surface area contributed by atoms with Crippen molar-refractivity contribution in [1.29, 1.82) is 0 Å². The molecular weight excluding hydrogens is 520 g/mol. The van der Waals surface area contributed by atoms with Crippen LogP contribution in [-0.4, -0.2) is 8.07 Å². The average molecular weight is 544 g/mol. The lowest BCUT2D eigenvalue weighted by Gasteiger charge is -2.35. The van der Waals surface area contributed by atoms with Gasteiger partial charge in [0.2, 0.25) is 0 Å². The van der Waals surface area contributed by atoms with Crippen LogP contribution < -0.4 is 0 Å². The Morgan fingerprint density at radius 2 is 1.83 bits per heavy atom. The van der Waals surface area contributed by atoms with Crippen molar-refractivity contribution >= 4 is 72.6 Å². The summed E-state index contributed by atoms with van der Waals surface area (Å²) >= 11 is 9.35. The highest BCUT2D eigenvalue weighted by atomic mass is 79.9. The quantitative estimate of drug-likeness (QED) is 0.283. The number of hydrogen-bond acceptors (Lipinski definition) is 1. The molecule has 1 atom stereocenters. The Morgan fingerprint density at radius 3 is 2.59 bits per heavy atom. The van der Waals surface area contributed by atoms with Gasteiger partial charge in [-0.3, -0.25) is 0 Å². The molecule has 0 bridgehead atoms. The molecule has 0 aliphatic heterocycles. The minimum Gasteiger partial charge on any atom is -0.128 e. The molecule has 1 aromatic heterocycles. The van der Waals surface area contributed by atoms with Gasteiger partial charge in [0.15, 0.2) is 0 Å². The van der Waals surface area contributed by atoms with Gasteiger partial charge < -0.3 is 0 Å². The molecule has 2 aromatic carbocycles. The third kappa shape index (κ3) is 2.86. The molecule has 0 N–H and O–H groups in total. The molecule has 0 radical (unpaired) electrons. The van der Waals surface area contributed by atoms with Crippen molar-refractivity contribution in [3.63, 3.8) is 0 Å². The van der Waals surface area contributed by atoms with Gasteiger partial charge in [-0.15, -0.1) is 11.3 Å². The van der Waals surface area contributed by atoms with E-state index >= 15 is 0 Å². The number of halogens is 2. The van der Waals surface area contributed by atoms with Crippen molar-refractivity contribution in [3.8, 4) is 0 Å². The molecule has 0 fully saturated rings. The maximum absolute atomic E-state index is 3.78. The van der Waals surface area contributed by atoms with Crippen molar-refractivity contribution in [2.24, 2.45) is 0 Å². The van der Waals surface area contributed by atoms with Crippen molar-refractivity contribution in [2.45, 2.75) is 45.8 Å². The molecule has 0 nitrogen and oxygen atoms in total. The van der Waals surface area contributed by atoms with Gasteiger partial charge >= 0.3 is 0 Å². The molecule has 2 aliphatic carbocycles. The third-order valence-electron chi connectivity index (χ3n) is 6.92. The lowest BCUT2D eigenvalue weighted by molar-refractivity contribution is 1.08. The summed E-state index contributed by atoms with van der Waals surface area (Å²) in [5, 5.41) is 3.10. The van der Waals surface area contributed by atoms with E-state index in [2.05, 4.69) is 102 Å². The van der Waals surface area contributed by atoms with E-state index in [1.165, 1.54) is 46.2 Å². The predicted octanol–water partition coefficient (Wildman–Crippen LogP) is 9.05. The SMILES string of the molecule is CC1=Cc2c(Br)cccc2C1[Si](C)(C)C1=C(C)Cc2c1cc1sc(Br)cc1c2C. The molecule has 148 valence electrons. The van der Waals surface area contributed by atoms with Crippen LogP contribution in [0.25, 0.3) is 21.4 Å². The van der Waals surface area contributed by atoms with Crippen molar-refractivity contribution in [1.82, 2.24) is 0 Å². The molecule has 3 aromatic rings. The Kier molecular flexibility index (Phi) is 4.67. The number of rotatable bonds is 2. The summed E-state index contributed by atoms with van der Waals surface area (Å²) in [6, 6.07) is 11.5. The molecular formula is C25H24Br2SSi. The van der Waals surface area contributed by atoms with E-state index in [1.54, 1.807) is 16.3 Å². The molecule has 0 saturated heterocycles. The summed E-state index contributed by atoms with van der Waals surface area (Å²) in [6.45, 7) is 12.2. The summed E-state index contributed by atoms with van der Waals surface area (Å²) in [6.07, 6.45) is 3.52. The number of aryl methyl sites for hydroxylation is 1. The van der Waals surface area contributed by atoms with E-state index in [1.807, 2.05) is 11.3 Å². The summed E-state index contributed by atoms with van der Waals surface area (Å²) in [7, 11) is -1.81. The van der Waals surface area contributed by atoms with Crippen LogP contribution in [0.15, 0.2) is 49.7 Å². The Hall–Kier alpha value is -0.943. The highest BCUT2D eigenvalue weighted by Crippen LogP contribution is 2.52. The predicted molar refractivity (Wildman–Crippen MR) is 139 cm³/mol. The summed E-state index contributed by atoms with van der Waals surface area (Å²) in [5.41, 5.74) is 11.1. The first-order valence-electron chi connectivity index (χ1n) is 10.1. The first-order valence-corrected chi connectivity index (χ1v) is 15.6. The minimum atomic E-state index is -1.81. The van der Waals surface area contributed by atoms with Crippen LogP contribution in [0.2, 0.25) is 13.1 Å². The number of fused-ring (bicyclic) bond motifs is 3. The third-order valence-corrected chi connectivity index (χ3v) is 13.4. The molecule has 5 rings (SSSR count). The fourth-order valence-electron chi connectivity index (χ4n) is 5.90. The standard InChI is InChI=1S/C25H24Br2SSi/c1-13-9-17-15(3)18-12-23(27)28-22(18)11-20(17)25(13)29(4,5)24-14(2)10-19-16(24)7-6-8-21(19)26/h6-8,10-12,24H,9H2,1-5H3. The van der Waals surface area contributed by atoms with Crippen molar-refractivity contribution in [2.75, 3.05) is 0 Å². The van der Waals surface area contributed by atoms with Gasteiger partial charge in [0.25, 0.3) is 0 Å². The van der Waals surface area contributed by atoms with Crippen LogP contribution in [0.4, 0.5) is 0 Å². The van der Waals surface area contributed by atoms with E-state index in [9.17, 15) is 0 Å². The molecule has 1 unspecified atom stereocenters. The maximum Gasteiger partial charge on any atom is 0.0930 e. The van der Waals surface area contributed by atoms with Crippen LogP contribution in [0, 0.1) is 6.92 Å². The lowest BCUT2D eigenvalue weighted by atomic mass is 10.00. The highest BCUT2D eigenvalue weighted by Gasteiger charge is 2.44. The number of thiophene rings is 1. The van der Waals surface area contributed by atoms with Gasteiger partial charge in [0, 0.05) is 14.7 Å². The Morgan fingerprint density at radius 1 is 1.07 bits per heavy atom. The van der Waals surface area contributed by atoms with Crippen LogP contribution in [-0.2, 0) is 6.42 Å². The molecule has 0 amide bonds. The second-order valence-electron chi connectivity index (χ2n) is 9.11. The summed E-state index contributed by atoms with van der Waals surface area (Å²) < 4.78 is 3.86. The smallest absolute Gasteiger partial charge is 0.0930 e. The Bertz CT molecular complexity index is 1260. The summed E-state index contributed by atoms with van der Waals surface area (Å²) in [5.74, 6) is 0. The monoisotopic (exact) mass is 542 g/mol. The second kappa shape index (κ2) is 6.78. The zero-order chi connectivity index (χ0) is 20.7. The van der Waals surface area contributed by atoms with Gasteiger partial charge in [-0.2, -0.15) is 0 Å². The largest absolute Gasteiger partial charge is 0.128 e. The van der Waals surface area contributed by atoms with Crippen molar-refractivity contribution < 1.29 is 0 Å². The normalized spacial score (nSPS) is 18.4. The minimum absolute atomic E-state index is 0.539. The van der Waals surface area contributed by atoms with Gasteiger partial charge in [-0.25, -0.2) is 0 Å². The fourth-order valence-corrected chi connectivity index (χ4v) is 12.7. The zero-order valence-electron chi connectivity index (χ0n) is 17.4. The number of benzene rings is 2. The van der Waals surface area contributed by atoms with E-state index < -0.39 is 8.07 Å². The van der Waals surface area contributed by atoms with Gasteiger partial charge in [0.1, 0.15) is 0 Å². The van der Waals surface area contributed by atoms with E-state index in [0.717, 1.165) is 6.42 Å². The van der Waals surface area contributed by atoms with E-state index in [-0.39, 0.29) is 0 Å². The second-order valence-corrected chi connectivity index (χ2v) is 16.9. The molecule has 0 saturated carbocycles. The Labute approximate surface area is 195 Å².